The molecule has 0 bridgehead atoms. The maximum Gasteiger partial charge on any atom is 0.332 e. The second kappa shape index (κ2) is 5.30. The van der Waals surface area contributed by atoms with Crippen LogP contribution in [0.2, 0.25) is 0 Å². The van der Waals surface area contributed by atoms with Gasteiger partial charge in [-0.15, -0.1) is 0 Å². The molecule has 0 amide bonds. The molecule has 2 saturated heterocycles. The predicted molar refractivity (Wildman–Crippen MR) is 53.9 cm³/mol. The molecule has 8 heteroatoms. The fraction of sp³-hybridized carbons (Fsp3) is 1.00. The first kappa shape index (κ1) is 12.1. The van der Waals surface area contributed by atoms with Crippen LogP contribution in [0, 0.1) is 5.41 Å². The lowest BCUT2D eigenvalue weighted by atomic mass is 9.93. The van der Waals surface area contributed by atoms with Crippen molar-refractivity contribution >= 4 is 17.2 Å². The van der Waals surface area contributed by atoms with Crippen LogP contribution in [-0.4, -0.2) is 37.9 Å². The van der Waals surface area contributed by atoms with Gasteiger partial charge in [0, 0.05) is 0 Å². The van der Waals surface area contributed by atoms with Crippen molar-refractivity contribution in [2.24, 2.45) is 5.41 Å². The largest absolute Gasteiger partial charge is 0.332 e. The van der Waals surface area contributed by atoms with Crippen LogP contribution in [0.4, 0.5) is 0 Å². The van der Waals surface area contributed by atoms with Crippen LogP contribution in [0.5, 0.6) is 0 Å². The maximum absolute atomic E-state index is 9.08. The van der Waals surface area contributed by atoms with E-state index in [1.807, 2.05) is 6.92 Å². The van der Waals surface area contributed by atoms with Gasteiger partial charge in [-0.05, 0) is 6.92 Å². The minimum atomic E-state index is -1.70. The van der Waals surface area contributed by atoms with Gasteiger partial charge in [0.15, 0.2) is 0 Å². The highest BCUT2D eigenvalue weighted by Crippen LogP contribution is 2.51. The van der Waals surface area contributed by atoms with Crippen molar-refractivity contribution in [2.75, 3.05) is 33.0 Å². The third-order valence-corrected chi connectivity index (χ3v) is 4.00. The summed E-state index contributed by atoms with van der Waals surface area (Å²) in [6, 6.07) is 0. The average molecular weight is 256 g/mol. The molecule has 2 fully saturated rings. The summed E-state index contributed by atoms with van der Waals surface area (Å²) in [6.45, 7) is 4.26. The van der Waals surface area contributed by atoms with Gasteiger partial charge in [-0.2, -0.15) is 0 Å². The first-order chi connectivity index (χ1) is 7.24. The summed E-state index contributed by atoms with van der Waals surface area (Å²) in [4.78, 5) is 9.08. The summed E-state index contributed by atoms with van der Waals surface area (Å²) in [5.41, 5.74) is -0.280. The van der Waals surface area contributed by atoms with Gasteiger partial charge in [-0.25, -0.2) is 0 Å². The molecule has 0 saturated carbocycles. The van der Waals surface area contributed by atoms with E-state index < -0.39 is 17.2 Å². The van der Waals surface area contributed by atoms with Crippen molar-refractivity contribution in [3.63, 3.8) is 0 Å². The van der Waals surface area contributed by atoms with Crippen molar-refractivity contribution in [1.29, 1.82) is 0 Å². The quantitative estimate of drug-likeness (QED) is 0.756. The Hall–Kier alpha value is 0.620. The standard InChI is InChI=1S/C7H14O6P2/c1-2-9-15-12-5-7(6-13-15)3-10-14(8)11-4-7/h8H,2-6H2,1H3. The van der Waals surface area contributed by atoms with Gasteiger partial charge in [0.2, 0.25) is 0 Å². The number of hydrogen-bond donors (Lipinski definition) is 1. The van der Waals surface area contributed by atoms with Gasteiger partial charge in [-0.3, -0.25) is 0 Å². The number of rotatable bonds is 2. The fourth-order valence-corrected chi connectivity index (χ4v) is 3.30. The van der Waals surface area contributed by atoms with E-state index in [0.29, 0.717) is 33.0 Å². The number of hydrogen-bond acceptors (Lipinski definition) is 6. The molecule has 0 aromatic heterocycles. The Kier molecular flexibility index (Phi) is 4.27. The molecule has 0 aliphatic carbocycles. The van der Waals surface area contributed by atoms with Gasteiger partial charge in [0.1, 0.15) is 0 Å². The van der Waals surface area contributed by atoms with Gasteiger partial charge >= 0.3 is 17.2 Å². The summed E-state index contributed by atoms with van der Waals surface area (Å²) in [7, 11) is -2.90. The van der Waals surface area contributed by atoms with Crippen LogP contribution >= 0.6 is 17.2 Å². The highest BCUT2D eigenvalue weighted by Gasteiger charge is 2.43. The highest BCUT2D eigenvalue weighted by atomic mass is 31.2. The van der Waals surface area contributed by atoms with Crippen LogP contribution in [0.1, 0.15) is 6.92 Å². The molecule has 2 rings (SSSR count). The van der Waals surface area contributed by atoms with Crippen molar-refractivity contribution in [2.45, 2.75) is 6.92 Å². The average Bonchev–Trinajstić information content (AvgIpc) is 2.27. The Morgan fingerprint density at radius 3 is 2.20 bits per heavy atom. The van der Waals surface area contributed by atoms with E-state index in [9.17, 15) is 0 Å². The molecule has 2 heterocycles. The zero-order valence-electron chi connectivity index (χ0n) is 8.42. The molecule has 6 nitrogen and oxygen atoms in total. The first-order valence-corrected chi connectivity index (χ1v) is 6.90. The molecule has 15 heavy (non-hydrogen) atoms. The second-order valence-corrected chi connectivity index (χ2v) is 5.69. The zero-order valence-corrected chi connectivity index (χ0v) is 10.2. The summed E-state index contributed by atoms with van der Waals surface area (Å²) in [6.07, 6.45) is 0. The molecule has 88 valence electrons. The van der Waals surface area contributed by atoms with E-state index in [1.54, 1.807) is 0 Å². The molecular formula is C7H14O6P2. The van der Waals surface area contributed by atoms with E-state index >= 15 is 0 Å². The highest BCUT2D eigenvalue weighted by molar-refractivity contribution is 7.41. The summed E-state index contributed by atoms with van der Waals surface area (Å²) >= 11 is 0. The minimum Gasteiger partial charge on any atom is -0.328 e. The van der Waals surface area contributed by atoms with E-state index in [1.165, 1.54) is 0 Å². The molecular weight excluding hydrogens is 242 g/mol. The lowest BCUT2D eigenvalue weighted by molar-refractivity contribution is -0.0724. The van der Waals surface area contributed by atoms with E-state index in [2.05, 4.69) is 0 Å². The smallest absolute Gasteiger partial charge is 0.328 e. The van der Waals surface area contributed by atoms with Crippen molar-refractivity contribution < 1.29 is 27.5 Å². The zero-order chi connectivity index (χ0) is 10.7. The Balaban J connectivity index is 1.81. The predicted octanol–water partition coefficient (Wildman–Crippen LogP) is 1.55. The van der Waals surface area contributed by atoms with E-state index in [-0.39, 0.29) is 5.41 Å². The molecule has 2 aliphatic heterocycles. The normalized spacial score (nSPS) is 42.0. The molecule has 0 aromatic carbocycles. The van der Waals surface area contributed by atoms with Gasteiger partial charge in [0.05, 0.1) is 38.4 Å². The van der Waals surface area contributed by atoms with E-state index in [0.717, 1.165) is 0 Å². The molecule has 0 atom stereocenters. The second-order valence-electron chi connectivity index (χ2n) is 3.47. The lowest BCUT2D eigenvalue weighted by Crippen LogP contribution is -2.44. The molecule has 1 spiro atoms. The maximum atomic E-state index is 9.08. The Morgan fingerprint density at radius 2 is 1.67 bits per heavy atom. The fourth-order valence-electron chi connectivity index (χ4n) is 1.27. The molecule has 1 N–H and O–H groups in total. The van der Waals surface area contributed by atoms with Crippen molar-refractivity contribution in [3.05, 3.63) is 0 Å². The first-order valence-electron chi connectivity index (χ1n) is 4.68. The SMILES string of the molecule is CCOP1OCC2(COP(O)OC2)CO1. The summed E-state index contributed by atoms with van der Waals surface area (Å²) in [5, 5.41) is 0. The Bertz CT molecular complexity index is 198. The van der Waals surface area contributed by atoms with Gasteiger partial charge in [0.25, 0.3) is 0 Å². The van der Waals surface area contributed by atoms with Crippen LogP contribution in [0.3, 0.4) is 0 Å². The topological polar surface area (TPSA) is 66.4 Å². The van der Waals surface area contributed by atoms with Crippen LogP contribution in [0.25, 0.3) is 0 Å². The molecule has 0 radical (unpaired) electrons. The third-order valence-electron chi connectivity index (χ3n) is 2.15. The Morgan fingerprint density at radius 1 is 1.13 bits per heavy atom. The molecule has 0 aromatic rings. The van der Waals surface area contributed by atoms with Gasteiger partial charge in [-0.1, -0.05) is 0 Å². The van der Waals surface area contributed by atoms with Crippen molar-refractivity contribution in [1.82, 2.24) is 0 Å². The third kappa shape index (κ3) is 3.05. The van der Waals surface area contributed by atoms with Crippen LogP contribution in [0.15, 0.2) is 0 Å². The lowest BCUT2D eigenvalue weighted by Gasteiger charge is -2.40. The molecule has 2 aliphatic rings. The summed E-state index contributed by atoms with van der Waals surface area (Å²) in [5.74, 6) is 0. The molecule has 0 unspecified atom stereocenters. The van der Waals surface area contributed by atoms with E-state index in [4.69, 9.17) is 27.5 Å². The van der Waals surface area contributed by atoms with Gasteiger partial charge < -0.3 is 27.5 Å². The minimum absolute atomic E-state index is 0.280. The van der Waals surface area contributed by atoms with Crippen molar-refractivity contribution in [3.8, 4) is 0 Å². The van der Waals surface area contributed by atoms with Crippen LogP contribution in [-0.2, 0) is 22.6 Å². The Labute approximate surface area is 90.8 Å². The van der Waals surface area contributed by atoms with Crippen LogP contribution < -0.4 is 0 Å². The summed E-state index contributed by atoms with van der Waals surface area (Å²) < 4.78 is 26.2. The monoisotopic (exact) mass is 256 g/mol.